The van der Waals surface area contributed by atoms with Crippen LogP contribution in [0.2, 0.25) is 0 Å². The van der Waals surface area contributed by atoms with E-state index in [0.717, 1.165) is 10.0 Å². The van der Waals surface area contributed by atoms with E-state index in [1.165, 1.54) is 0 Å². The summed E-state index contributed by atoms with van der Waals surface area (Å²) in [7, 11) is 0. The summed E-state index contributed by atoms with van der Waals surface area (Å²) in [6, 6.07) is 7.25. The highest BCUT2D eigenvalue weighted by Crippen LogP contribution is 2.35. The fourth-order valence-corrected chi connectivity index (χ4v) is 3.08. The third-order valence-corrected chi connectivity index (χ3v) is 4.43. The number of halogens is 1. The molecule has 7 nitrogen and oxygen atoms in total. The Balaban J connectivity index is 2.09. The molecule has 1 atom stereocenters. The number of nitrogens with one attached hydrogen (secondary N) is 1. The number of aliphatic hydroxyl groups excluding tert-OH is 1. The number of anilines is 1. The van der Waals surface area contributed by atoms with Crippen molar-refractivity contribution in [1.82, 2.24) is 14.8 Å². The van der Waals surface area contributed by atoms with Gasteiger partial charge in [-0.15, -0.1) is 0 Å². The van der Waals surface area contributed by atoms with E-state index in [-0.39, 0.29) is 6.61 Å². The molecule has 8 heteroatoms. The number of allylic oxidation sites excluding steroid dienone is 1. The minimum atomic E-state index is -0.494. The molecule has 24 heavy (non-hydrogen) atoms. The highest BCUT2D eigenvalue weighted by atomic mass is 79.9. The van der Waals surface area contributed by atoms with Gasteiger partial charge in [0.1, 0.15) is 6.04 Å². The molecule has 1 aliphatic heterocycles. The van der Waals surface area contributed by atoms with Gasteiger partial charge in [-0.1, -0.05) is 28.1 Å². The van der Waals surface area contributed by atoms with Crippen LogP contribution in [0.1, 0.15) is 30.8 Å². The van der Waals surface area contributed by atoms with Crippen molar-refractivity contribution in [3.05, 3.63) is 51.4 Å². The van der Waals surface area contributed by atoms with Gasteiger partial charge in [-0.2, -0.15) is 10.1 Å². The van der Waals surface area contributed by atoms with Gasteiger partial charge < -0.3 is 16.2 Å². The smallest absolute Gasteiger partial charge is 0.248 e. The second kappa shape index (κ2) is 6.74. The molecule has 0 fully saturated rings. The number of benzene rings is 1. The minimum Gasteiger partial charge on any atom is -0.396 e. The Morgan fingerprint density at radius 1 is 1.42 bits per heavy atom. The van der Waals surface area contributed by atoms with Crippen molar-refractivity contribution in [3.8, 4) is 0 Å². The zero-order chi connectivity index (χ0) is 17.3. The fraction of sp³-hybridized carbons (Fsp3) is 0.312. The topological polar surface area (TPSA) is 106 Å². The van der Waals surface area contributed by atoms with Crippen molar-refractivity contribution in [1.29, 1.82) is 0 Å². The Bertz CT molecular complexity index is 797. The lowest BCUT2D eigenvalue weighted by Gasteiger charge is -2.27. The lowest BCUT2D eigenvalue weighted by atomic mass is 9.95. The number of fused-ring (bicyclic) bond motifs is 1. The van der Waals surface area contributed by atoms with Crippen molar-refractivity contribution in [2.24, 2.45) is 5.73 Å². The Hall–Kier alpha value is -2.19. The average molecular weight is 392 g/mol. The predicted octanol–water partition coefficient (Wildman–Crippen LogP) is 1.74. The fourth-order valence-electron chi connectivity index (χ4n) is 2.81. The van der Waals surface area contributed by atoms with E-state index < -0.39 is 11.9 Å². The van der Waals surface area contributed by atoms with E-state index in [1.54, 1.807) is 11.6 Å². The van der Waals surface area contributed by atoms with Crippen molar-refractivity contribution in [3.63, 3.8) is 0 Å². The molecular formula is C16H18BrN5O2. The second-order valence-electron chi connectivity index (χ2n) is 5.61. The number of hydrogen-bond donors (Lipinski definition) is 3. The molecule has 0 spiro atoms. The van der Waals surface area contributed by atoms with Gasteiger partial charge in [-0.05, 0) is 31.0 Å². The number of nitrogens with zero attached hydrogens (tertiary/aromatic N) is 3. The average Bonchev–Trinajstić information content (AvgIpc) is 2.94. The summed E-state index contributed by atoms with van der Waals surface area (Å²) in [5, 5.41) is 16.6. The Kier molecular flexibility index (Phi) is 4.68. The molecule has 1 amide bonds. The molecule has 0 saturated heterocycles. The number of aromatic nitrogens is 3. The third kappa shape index (κ3) is 3.07. The molecule has 1 aliphatic rings. The van der Waals surface area contributed by atoms with E-state index >= 15 is 0 Å². The lowest BCUT2D eigenvalue weighted by molar-refractivity contribution is -0.115. The number of aryl methyl sites for hydroxylation is 1. The van der Waals surface area contributed by atoms with Crippen LogP contribution in [0, 0.1) is 0 Å². The molecule has 1 aromatic heterocycles. The van der Waals surface area contributed by atoms with Crippen molar-refractivity contribution in [2.75, 3.05) is 11.9 Å². The maximum Gasteiger partial charge on any atom is 0.248 e. The molecule has 1 aromatic carbocycles. The van der Waals surface area contributed by atoms with Crippen molar-refractivity contribution in [2.45, 2.75) is 25.8 Å². The highest BCUT2D eigenvalue weighted by Gasteiger charge is 2.33. The number of aliphatic hydroxyl groups is 1. The quantitative estimate of drug-likeness (QED) is 0.719. The standard InChI is InChI=1S/C16H18BrN5O2/c1-9-13(15(18)24)14(10-4-6-11(17)7-5-10)22-16(19-9)20-12(21-22)3-2-8-23/h4-7,14,23H,2-3,8H2,1H3,(H2,18,24)(H,19,20,21)/t14-/m1/s1. The van der Waals surface area contributed by atoms with Gasteiger partial charge in [-0.25, -0.2) is 4.68 Å². The molecular weight excluding hydrogens is 374 g/mol. The first-order valence-electron chi connectivity index (χ1n) is 7.60. The Labute approximate surface area is 147 Å². The van der Waals surface area contributed by atoms with Crippen molar-refractivity contribution < 1.29 is 9.90 Å². The SMILES string of the molecule is CC1=C(C(N)=O)[C@@H](c2ccc(Br)cc2)n2nc(CCCO)nc2N1. The third-order valence-electron chi connectivity index (χ3n) is 3.91. The van der Waals surface area contributed by atoms with Gasteiger partial charge >= 0.3 is 0 Å². The molecule has 0 saturated carbocycles. The zero-order valence-electron chi connectivity index (χ0n) is 13.2. The minimum absolute atomic E-state index is 0.0806. The van der Waals surface area contributed by atoms with Crippen LogP contribution in [-0.4, -0.2) is 32.4 Å². The first-order chi connectivity index (χ1) is 11.5. The van der Waals surface area contributed by atoms with Crippen LogP contribution in [0.5, 0.6) is 0 Å². The van der Waals surface area contributed by atoms with Crippen LogP contribution < -0.4 is 11.1 Å². The number of carbonyl (C=O) groups excluding carboxylic acids is 1. The van der Waals surface area contributed by atoms with E-state index in [4.69, 9.17) is 10.8 Å². The van der Waals surface area contributed by atoms with Gasteiger partial charge in [0, 0.05) is 23.2 Å². The summed E-state index contributed by atoms with van der Waals surface area (Å²) in [4.78, 5) is 16.5. The maximum absolute atomic E-state index is 12.0. The highest BCUT2D eigenvalue weighted by molar-refractivity contribution is 9.10. The van der Waals surface area contributed by atoms with Crippen LogP contribution in [0.4, 0.5) is 5.95 Å². The molecule has 0 radical (unpaired) electrons. The molecule has 0 aliphatic carbocycles. The summed E-state index contributed by atoms with van der Waals surface area (Å²) >= 11 is 3.42. The van der Waals surface area contributed by atoms with Crippen LogP contribution in [0.15, 0.2) is 40.0 Å². The summed E-state index contributed by atoms with van der Waals surface area (Å²) in [5.41, 5.74) is 7.65. The normalized spacial score (nSPS) is 16.7. The molecule has 0 bridgehead atoms. The van der Waals surface area contributed by atoms with E-state index in [2.05, 4.69) is 31.3 Å². The van der Waals surface area contributed by atoms with Crippen LogP contribution >= 0.6 is 15.9 Å². The monoisotopic (exact) mass is 391 g/mol. The van der Waals surface area contributed by atoms with Crippen molar-refractivity contribution >= 4 is 27.8 Å². The van der Waals surface area contributed by atoms with Crippen LogP contribution in [0.3, 0.4) is 0 Å². The zero-order valence-corrected chi connectivity index (χ0v) is 14.7. The Morgan fingerprint density at radius 3 is 2.75 bits per heavy atom. The largest absolute Gasteiger partial charge is 0.396 e. The molecule has 126 valence electrons. The van der Waals surface area contributed by atoms with E-state index in [9.17, 15) is 4.79 Å². The van der Waals surface area contributed by atoms with Gasteiger partial charge in [0.05, 0.1) is 5.57 Å². The van der Waals surface area contributed by atoms with Gasteiger partial charge in [0.15, 0.2) is 5.82 Å². The number of hydrogen-bond acceptors (Lipinski definition) is 5. The second-order valence-corrected chi connectivity index (χ2v) is 6.52. The number of nitrogens with two attached hydrogens (primary N) is 1. The van der Waals surface area contributed by atoms with Crippen LogP contribution in [-0.2, 0) is 11.2 Å². The molecule has 3 rings (SSSR count). The summed E-state index contributed by atoms with van der Waals surface area (Å²) < 4.78 is 2.63. The Morgan fingerprint density at radius 2 is 2.12 bits per heavy atom. The maximum atomic E-state index is 12.0. The van der Waals surface area contributed by atoms with E-state index in [0.29, 0.717) is 35.9 Å². The summed E-state index contributed by atoms with van der Waals surface area (Å²) in [6.45, 7) is 1.88. The number of rotatable bonds is 5. The van der Waals surface area contributed by atoms with Gasteiger partial charge in [0.2, 0.25) is 11.9 Å². The molecule has 4 N–H and O–H groups in total. The predicted molar refractivity (Wildman–Crippen MR) is 93.2 cm³/mol. The lowest BCUT2D eigenvalue weighted by Crippen LogP contribution is -2.31. The van der Waals surface area contributed by atoms with Gasteiger partial charge in [0.25, 0.3) is 0 Å². The van der Waals surface area contributed by atoms with Gasteiger partial charge in [-0.3, -0.25) is 4.79 Å². The van der Waals surface area contributed by atoms with E-state index in [1.807, 2.05) is 24.3 Å². The number of carbonyl (C=O) groups is 1. The molecule has 2 heterocycles. The first-order valence-corrected chi connectivity index (χ1v) is 8.40. The molecule has 0 unspecified atom stereocenters. The van der Waals surface area contributed by atoms with Crippen LogP contribution in [0.25, 0.3) is 0 Å². The summed E-state index contributed by atoms with van der Waals surface area (Å²) in [6.07, 6.45) is 1.15. The first kappa shape index (κ1) is 16.7. The molecule has 2 aromatic rings. The number of primary amides is 1. The summed E-state index contributed by atoms with van der Waals surface area (Å²) in [5.74, 6) is 0.691. The number of amides is 1.